The van der Waals surface area contributed by atoms with E-state index in [-0.39, 0.29) is 0 Å². The van der Waals surface area contributed by atoms with E-state index in [1.54, 1.807) is 6.07 Å². The van der Waals surface area contributed by atoms with Crippen LogP contribution < -0.4 is 4.74 Å². The van der Waals surface area contributed by atoms with E-state index in [2.05, 4.69) is 9.97 Å². The molecule has 0 spiro atoms. The first-order valence-electron chi connectivity index (χ1n) is 5.98. The van der Waals surface area contributed by atoms with Gasteiger partial charge in [-0.25, -0.2) is 4.98 Å². The van der Waals surface area contributed by atoms with E-state index in [9.17, 15) is 0 Å². The molecule has 16 heavy (non-hydrogen) atoms. The van der Waals surface area contributed by atoms with Gasteiger partial charge in [0.2, 0.25) is 5.88 Å². The molecule has 0 aromatic carbocycles. The van der Waals surface area contributed by atoms with Crippen LogP contribution in [0.5, 0.6) is 5.88 Å². The Morgan fingerprint density at radius 3 is 2.75 bits per heavy atom. The van der Waals surface area contributed by atoms with E-state index in [1.165, 1.54) is 25.7 Å². The molecule has 2 aliphatic rings. The topological polar surface area (TPSA) is 35.0 Å². The molecule has 4 heteroatoms. The Kier molecular flexibility index (Phi) is 2.72. The predicted octanol–water partition coefficient (Wildman–Crippen LogP) is 3.19. The standard InChI is InChI=1S/C12H15ClN2O/c13-10-7-11(16-6-5-8-1-2-8)15-12(14-10)9-3-4-9/h7-9H,1-6H2. The van der Waals surface area contributed by atoms with Crippen LogP contribution in [0.4, 0.5) is 0 Å². The molecule has 0 radical (unpaired) electrons. The number of nitrogens with zero attached hydrogens (tertiary/aromatic N) is 2. The molecule has 1 aromatic rings. The zero-order valence-electron chi connectivity index (χ0n) is 9.16. The van der Waals surface area contributed by atoms with Crippen molar-refractivity contribution in [1.82, 2.24) is 9.97 Å². The molecule has 0 unspecified atom stereocenters. The minimum Gasteiger partial charge on any atom is -0.478 e. The Hall–Kier alpha value is -0.830. The molecule has 2 aliphatic carbocycles. The third kappa shape index (κ3) is 2.64. The highest BCUT2D eigenvalue weighted by molar-refractivity contribution is 6.29. The van der Waals surface area contributed by atoms with Gasteiger partial charge in [0.15, 0.2) is 0 Å². The van der Waals surface area contributed by atoms with E-state index >= 15 is 0 Å². The molecule has 0 aliphatic heterocycles. The van der Waals surface area contributed by atoms with Crippen LogP contribution in [0.25, 0.3) is 0 Å². The highest BCUT2D eigenvalue weighted by Crippen LogP contribution is 2.39. The number of hydrogen-bond donors (Lipinski definition) is 0. The molecule has 86 valence electrons. The van der Waals surface area contributed by atoms with Crippen molar-refractivity contribution >= 4 is 11.6 Å². The minimum absolute atomic E-state index is 0.498. The second-order valence-corrected chi connectivity index (χ2v) is 5.13. The lowest BCUT2D eigenvalue weighted by atomic mass is 10.3. The van der Waals surface area contributed by atoms with Gasteiger partial charge in [-0.3, -0.25) is 0 Å². The number of aromatic nitrogens is 2. The maximum absolute atomic E-state index is 5.94. The lowest BCUT2D eigenvalue weighted by Crippen LogP contribution is -2.02. The molecule has 0 bridgehead atoms. The fourth-order valence-corrected chi connectivity index (χ4v) is 1.93. The fourth-order valence-electron chi connectivity index (χ4n) is 1.75. The Morgan fingerprint density at radius 2 is 2.06 bits per heavy atom. The van der Waals surface area contributed by atoms with Gasteiger partial charge in [0.05, 0.1) is 6.61 Å². The summed E-state index contributed by atoms with van der Waals surface area (Å²) in [6.45, 7) is 0.752. The largest absolute Gasteiger partial charge is 0.478 e. The molecule has 0 amide bonds. The number of rotatable bonds is 5. The molecule has 1 heterocycles. The van der Waals surface area contributed by atoms with E-state index in [4.69, 9.17) is 16.3 Å². The van der Waals surface area contributed by atoms with Crippen molar-refractivity contribution in [2.45, 2.75) is 38.0 Å². The smallest absolute Gasteiger partial charge is 0.218 e. The molecule has 0 atom stereocenters. The average Bonchev–Trinajstić information content (AvgIpc) is 3.12. The van der Waals surface area contributed by atoms with Crippen LogP contribution in [0, 0.1) is 5.92 Å². The molecule has 3 nitrogen and oxygen atoms in total. The second-order valence-electron chi connectivity index (χ2n) is 4.74. The molecule has 3 rings (SSSR count). The van der Waals surface area contributed by atoms with E-state index < -0.39 is 0 Å². The first kappa shape index (κ1) is 10.3. The lowest BCUT2D eigenvalue weighted by molar-refractivity contribution is 0.290. The molecular formula is C12H15ClN2O. The van der Waals surface area contributed by atoms with Crippen molar-refractivity contribution in [3.8, 4) is 5.88 Å². The molecule has 1 aromatic heterocycles. The van der Waals surface area contributed by atoms with Crippen LogP contribution in [0.1, 0.15) is 43.8 Å². The maximum Gasteiger partial charge on any atom is 0.218 e. The third-order valence-electron chi connectivity index (χ3n) is 3.10. The zero-order chi connectivity index (χ0) is 11.0. The van der Waals surface area contributed by atoms with Gasteiger partial charge in [-0.1, -0.05) is 24.4 Å². The van der Waals surface area contributed by atoms with Crippen molar-refractivity contribution < 1.29 is 4.74 Å². The first-order valence-corrected chi connectivity index (χ1v) is 6.36. The Bertz CT molecular complexity index is 389. The van der Waals surface area contributed by atoms with E-state index in [0.717, 1.165) is 24.8 Å². The van der Waals surface area contributed by atoms with Crippen LogP contribution in [0.2, 0.25) is 5.15 Å². The van der Waals surface area contributed by atoms with Crippen molar-refractivity contribution in [2.24, 2.45) is 5.92 Å². The quantitative estimate of drug-likeness (QED) is 0.739. The van der Waals surface area contributed by atoms with Gasteiger partial charge in [0.25, 0.3) is 0 Å². The summed E-state index contributed by atoms with van der Waals surface area (Å²) in [5.74, 6) is 2.90. The number of hydrogen-bond acceptors (Lipinski definition) is 3. The minimum atomic E-state index is 0.498. The SMILES string of the molecule is Clc1cc(OCCC2CC2)nc(C2CC2)n1. The number of halogens is 1. The summed E-state index contributed by atoms with van der Waals surface area (Å²) < 4.78 is 5.62. The Labute approximate surface area is 100 Å². The highest BCUT2D eigenvalue weighted by Gasteiger charge is 2.27. The summed E-state index contributed by atoms with van der Waals surface area (Å²) in [6.07, 6.45) is 6.23. The van der Waals surface area contributed by atoms with Crippen molar-refractivity contribution in [1.29, 1.82) is 0 Å². The van der Waals surface area contributed by atoms with Crippen LogP contribution in [-0.4, -0.2) is 16.6 Å². The predicted molar refractivity (Wildman–Crippen MR) is 61.9 cm³/mol. The zero-order valence-corrected chi connectivity index (χ0v) is 9.91. The average molecular weight is 239 g/mol. The van der Waals surface area contributed by atoms with E-state index in [1.807, 2.05) is 0 Å². The van der Waals surface area contributed by atoms with Crippen molar-refractivity contribution in [2.75, 3.05) is 6.61 Å². The van der Waals surface area contributed by atoms with Crippen LogP contribution in [0.3, 0.4) is 0 Å². The third-order valence-corrected chi connectivity index (χ3v) is 3.30. The monoisotopic (exact) mass is 238 g/mol. The highest BCUT2D eigenvalue weighted by atomic mass is 35.5. The summed E-state index contributed by atoms with van der Waals surface area (Å²) in [5.41, 5.74) is 0. The summed E-state index contributed by atoms with van der Waals surface area (Å²) in [5, 5.41) is 0.498. The van der Waals surface area contributed by atoms with Crippen molar-refractivity contribution in [3.63, 3.8) is 0 Å². The maximum atomic E-state index is 5.94. The molecule has 0 N–H and O–H groups in total. The fraction of sp³-hybridized carbons (Fsp3) is 0.667. The van der Waals surface area contributed by atoms with Crippen LogP contribution >= 0.6 is 11.6 Å². The van der Waals surface area contributed by atoms with Crippen molar-refractivity contribution in [3.05, 3.63) is 17.0 Å². The summed E-state index contributed by atoms with van der Waals surface area (Å²) in [6, 6.07) is 1.71. The van der Waals surface area contributed by atoms with Gasteiger partial charge in [0.1, 0.15) is 11.0 Å². The number of ether oxygens (including phenoxy) is 1. The van der Waals surface area contributed by atoms with Gasteiger partial charge in [0, 0.05) is 12.0 Å². The lowest BCUT2D eigenvalue weighted by Gasteiger charge is -2.06. The Morgan fingerprint density at radius 1 is 1.25 bits per heavy atom. The molecule has 2 fully saturated rings. The van der Waals surface area contributed by atoms with Gasteiger partial charge < -0.3 is 4.74 Å². The molecule has 0 saturated heterocycles. The molecule has 2 saturated carbocycles. The van der Waals surface area contributed by atoms with Crippen LogP contribution in [-0.2, 0) is 0 Å². The van der Waals surface area contributed by atoms with Gasteiger partial charge in [-0.05, 0) is 25.2 Å². The normalized spacial score (nSPS) is 19.8. The summed E-state index contributed by atoms with van der Waals surface area (Å²) >= 11 is 5.94. The van der Waals surface area contributed by atoms with Gasteiger partial charge in [-0.15, -0.1) is 0 Å². The second kappa shape index (κ2) is 4.21. The van der Waals surface area contributed by atoms with Crippen LogP contribution in [0.15, 0.2) is 6.07 Å². The van der Waals surface area contributed by atoms with Gasteiger partial charge in [-0.2, -0.15) is 4.98 Å². The molecular weight excluding hydrogens is 224 g/mol. The first-order chi connectivity index (χ1) is 7.81. The summed E-state index contributed by atoms with van der Waals surface area (Å²) in [4.78, 5) is 8.62. The Balaban J connectivity index is 1.62. The van der Waals surface area contributed by atoms with Gasteiger partial charge >= 0.3 is 0 Å². The summed E-state index contributed by atoms with van der Waals surface area (Å²) in [7, 11) is 0. The van der Waals surface area contributed by atoms with E-state index in [0.29, 0.717) is 17.0 Å².